The number of hydrogen-bond acceptors (Lipinski definition) is 6. The van der Waals surface area contributed by atoms with Crippen LogP contribution in [0.4, 0.5) is 10.1 Å². The molecular formula is C20H16FN3O5. The number of ether oxygens (including phenoxy) is 2. The number of esters is 2. The number of amides is 1. The van der Waals surface area contributed by atoms with E-state index in [2.05, 4.69) is 15.0 Å². The summed E-state index contributed by atoms with van der Waals surface area (Å²) in [5.74, 6) is -2.22. The van der Waals surface area contributed by atoms with Gasteiger partial charge in [0.15, 0.2) is 12.3 Å². The summed E-state index contributed by atoms with van der Waals surface area (Å²) in [5.41, 5.74) is 1.37. The molecule has 0 radical (unpaired) electrons. The molecule has 0 spiro atoms. The van der Waals surface area contributed by atoms with Gasteiger partial charge in [0.25, 0.3) is 5.91 Å². The molecule has 148 valence electrons. The van der Waals surface area contributed by atoms with Crippen molar-refractivity contribution in [3.05, 3.63) is 78.1 Å². The minimum absolute atomic E-state index is 0.0897. The van der Waals surface area contributed by atoms with Gasteiger partial charge in [0, 0.05) is 11.4 Å². The van der Waals surface area contributed by atoms with Crippen LogP contribution in [-0.2, 0) is 14.3 Å². The van der Waals surface area contributed by atoms with Crippen molar-refractivity contribution < 1.29 is 28.2 Å². The van der Waals surface area contributed by atoms with Gasteiger partial charge in [-0.2, -0.15) is 0 Å². The summed E-state index contributed by atoms with van der Waals surface area (Å²) >= 11 is 0. The second kappa shape index (κ2) is 8.79. The molecule has 9 heteroatoms. The highest BCUT2D eigenvalue weighted by molar-refractivity contribution is 5.96. The van der Waals surface area contributed by atoms with Gasteiger partial charge in [0.1, 0.15) is 5.82 Å². The molecule has 0 unspecified atom stereocenters. The van der Waals surface area contributed by atoms with Crippen molar-refractivity contribution in [3.63, 3.8) is 0 Å². The molecule has 8 nitrogen and oxygen atoms in total. The molecule has 0 aliphatic heterocycles. The average Bonchev–Trinajstić information content (AvgIpc) is 3.22. The Hall–Kier alpha value is -4.01. The lowest BCUT2D eigenvalue weighted by Crippen LogP contribution is -2.22. The van der Waals surface area contributed by atoms with Crippen LogP contribution in [0, 0.1) is 5.82 Å². The van der Waals surface area contributed by atoms with E-state index in [9.17, 15) is 18.8 Å². The number of hydrogen-bond donors (Lipinski definition) is 1. The summed E-state index contributed by atoms with van der Waals surface area (Å²) in [5, 5.41) is 2.55. The molecule has 3 aromatic rings. The van der Waals surface area contributed by atoms with E-state index in [4.69, 9.17) is 4.74 Å². The van der Waals surface area contributed by atoms with E-state index in [1.807, 2.05) is 0 Å². The standard InChI is InChI=1S/C20H16FN3O5/c1-28-19(26)13-2-6-15(7-3-13)23-18(25)11-29-20(27)17-10-22-12-24(17)16-8-4-14(21)5-9-16/h2-10,12H,11H2,1H3,(H,23,25). The molecule has 0 aliphatic carbocycles. The van der Waals surface area contributed by atoms with Gasteiger partial charge in [0.05, 0.1) is 25.2 Å². The molecule has 1 N–H and O–H groups in total. The zero-order chi connectivity index (χ0) is 20.8. The summed E-state index contributed by atoms with van der Waals surface area (Å²) < 4.78 is 24.1. The number of carbonyl (C=O) groups is 3. The number of halogens is 1. The second-order valence-corrected chi connectivity index (χ2v) is 5.82. The number of rotatable bonds is 6. The Bertz CT molecular complexity index is 1030. The Balaban J connectivity index is 1.58. The molecule has 0 saturated carbocycles. The predicted octanol–water partition coefficient (Wildman–Crippen LogP) is 2.59. The molecule has 0 atom stereocenters. The number of carbonyl (C=O) groups excluding carboxylic acids is 3. The largest absolute Gasteiger partial charge is 0.465 e. The number of methoxy groups -OCH3 is 1. The molecule has 0 aliphatic rings. The fraction of sp³-hybridized carbons (Fsp3) is 0.100. The number of imidazole rings is 1. The van der Waals surface area contributed by atoms with Crippen LogP contribution in [0.2, 0.25) is 0 Å². The molecule has 3 rings (SSSR count). The monoisotopic (exact) mass is 397 g/mol. The summed E-state index contributed by atoms with van der Waals surface area (Å²) in [6, 6.07) is 11.5. The molecule has 1 aromatic heterocycles. The molecular weight excluding hydrogens is 381 g/mol. The third-order valence-corrected chi connectivity index (χ3v) is 3.88. The van der Waals surface area contributed by atoms with E-state index in [-0.39, 0.29) is 5.69 Å². The van der Waals surface area contributed by atoms with E-state index < -0.39 is 30.3 Å². The average molecular weight is 397 g/mol. The minimum Gasteiger partial charge on any atom is -0.465 e. The van der Waals surface area contributed by atoms with Crippen molar-refractivity contribution in [2.45, 2.75) is 0 Å². The number of anilines is 1. The number of nitrogens with zero attached hydrogens (tertiary/aromatic N) is 2. The quantitative estimate of drug-likeness (QED) is 0.642. The van der Waals surface area contributed by atoms with E-state index in [1.54, 1.807) is 0 Å². The minimum atomic E-state index is -0.761. The number of benzene rings is 2. The van der Waals surface area contributed by atoms with Gasteiger partial charge in [-0.25, -0.2) is 19.0 Å². The van der Waals surface area contributed by atoms with Gasteiger partial charge >= 0.3 is 11.9 Å². The molecule has 1 heterocycles. The summed E-state index contributed by atoms with van der Waals surface area (Å²) in [6.07, 6.45) is 2.67. The molecule has 29 heavy (non-hydrogen) atoms. The zero-order valence-corrected chi connectivity index (χ0v) is 15.3. The van der Waals surface area contributed by atoms with Crippen LogP contribution in [-0.4, -0.2) is 41.1 Å². The molecule has 0 saturated heterocycles. The zero-order valence-electron chi connectivity index (χ0n) is 15.3. The first-order valence-corrected chi connectivity index (χ1v) is 8.41. The van der Waals surface area contributed by atoms with Gasteiger partial charge in [-0.1, -0.05) is 0 Å². The smallest absolute Gasteiger partial charge is 0.357 e. The van der Waals surface area contributed by atoms with Crippen molar-refractivity contribution in [2.24, 2.45) is 0 Å². The molecule has 0 bridgehead atoms. The molecule has 1 amide bonds. The Morgan fingerprint density at radius 1 is 1.03 bits per heavy atom. The van der Waals surface area contributed by atoms with Gasteiger partial charge in [-0.15, -0.1) is 0 Å². The van der Waals surface area contributed by atoms with Crippen molar-refractivity contribution in [3.8, 4) is 5.69 Å². The fourth-order valence-electron chi connectivity index (χ4n) is 2.46. The van der Waals surface area contributed by atoms with Crippen LogP contribution in [0.15, 0.2) is 61.1 Å². The topological polar surface area (TPSA) is 99.5 Å². The van der Waals surface area contributed by atoms with Crippen molar-refractivity contribution >= 4 is 23.5 Å². The van der Waals surface area contributed by atoms with E-state index >= 15 is 0 Å². The van der Waals surface area contributed by atoms with E-state index in [0.29, 0.717) is 16.9 Å². The normalized spacial score (nSPS) is 10.3. The van der Waals surface area contributed by atoms with Gasteiger partial charge < -0.3 is 14.8 Å². The van der Waals surface area contributed by atoms with Gasteiger partial charge in [0.2, 0.25) is 0 Å². The number of nitrogens with one attached hydrogen (secondary N) is 1. The van der Waals surface area contributed by atoms with Crippen LogP contribution in [0.3, 0.4) is 0 Å². The first kappa shape index (κ1) is 19.7. The molecule has 2 aromatic carbocycles. The highest BCUT2D eigenvalue weighted by atomic mass is 19.1. The maximum atomic E-state index is 13.1. The second-order valence-electron chi connectivity index (χ2n) is 5.82. The van der Waals surface area contributed by atoms with Crippen LogP contribution in [0.25, 0.3) is 5.69 Å². The Kier molecular flexibility index (Phi) is 5.98. The Morgan fingerprint density at radius 2 is 1.72 bits per heavy atom. The maximum Gasteiger partial charge on any atom is 0.357 e. The van der Waals surface area contributed by atoms with Crippen LogP contribution >= 0.6 is 0 Å². The third kappa shape index (κ3) is 4.83. The van der Waals surface area contributed by atoms with Crippen molar-refractivity contribution in [1.82, 2.24) is 9.55 Å². The number of aromatic nitrogens is 2. The van der Waals surface area contributed by atoms with E-state index in [0.717, 1.165) is 0 Å². The SMILES string of the molecule is COC(=O)c1ccc(NC(=O)COC(=O)c2cncn2-c2ccc(F)cc2)cc1. The van der Waals surface area contributed by atoms with Crippen molar-refractivity contribution in [2.75, 3.05) is 19.0 Å². The first-order valence-electron chi connectivity index (χ1n) is 8.41. The highest BCUT2D eigenvalue weighted by Gasteiger charge is 2.16. The lowest BCUT2D eigenvalue weighted by Gasteiger charge is -2.09. The highest BCUT2D eigenvalue weighted by Crippen LogP contribution is 2.14. The first-order chi connectivity index (χ1) is 14.0. The summed E-state index contributed by atoms with van der Waals surface area (Å²) in [7, 11) is 1.27. The summed E-state index contributed by atoms with van der Waals surface area (Å²) in [4.78, 5) is 39.6. The van der Waals surface area contributed by atoms with Crippen LogP contribution in [0.5, 0.6) is 0 Å². The van der Waals surface area contributed by atoms with Crippen LogP contribution in [0.1, 0.15) is 20.8 Å². The van der Waals surface area contributed by atoms with Gasteiger partial charge in [-0.3, -0.25) is 9.36 Å². The van der Waals surface area contributed by atoms with Crippen molar-refractivity contribution in [1.29, 1.82) is 0 Å². The lowest BCUT2D eigenvalue weighted by molar-refractivity contribution is -0.119. The predicted molar refractivity (Wildman–Crippen MR) is 100 cm³/mol. The van der Waals surface area contributed by atoms with Crippen LogP contribution < -0.4 is 5.32 Å². The van der Waals surface area contributed by atoms with Gasteiger partial charge in [-0.05, 0) is 48.5 Å². The Morgan fingerprint density at radius 3 is 2.38 bits per heavy atom. The maximum absolute atomic E-state index is 13.1. The Labute approximate surface area is 164 Å². The molecule has 0 fully saturated rings. The lowest BCUT2D eigenvalue weighted by atomic mass is 10.2. The summed E-state index contributed by atoms with van der Waals surface area (Å²) in [6.45, 7) is -0.522. The fourth-order valence-corrected chi connectivity index (χ4v) is 2.46. The van der Waals surface area contributed by atoms with E-state index in [1.165, 1.54) is 72.7 Å². The third-order valence-electron chi connectivity index (χ3n) is 3.88.